The molecule has 1 saturated heterocycles. The van der Waals surface area contributed by atoms with Gasteiger partial charge in [-0.25, -0.2) is 4.39 Å². The normalized spacial score (nSPS) is 17.7. The van der Waals surface area contributed by atoms with Gasteiger partial charge in [0.2, 0.25) is 0 Å². The van der Waals surface area contributed by atoms with Gasteiger partial charge in [0.1, 0.15) is 0 Å². The van der Waals surface area contributed by atoms with Crippen molar-refractivity contribution in [1.82, 2.24) is 0 Å². The van der Waals surface area contributed by atoms with Crippen LogP contribution in [0.3, 0.4) is 0 Å². The first kappa shape index (κ1) is 14.5. The number of aliphatic hydroxyl groups excluding tert-OH is 1. The Morgan fingerprint density at radius 3 is 2.76 bits per heavy atom. The molecule has 1 aliphatic rings. The molecule has 1 atom stereocenters. The number of halogens is 1. The van der Waals surface area contributed by atoms with E-state index in [4.69, 9.17) is 13.9 Å². The molecular weight excluding hydrogens is 275 g/mol. The highest BCUT2D eigenvalue weighted by molar-refractivity contribution is 5.83. The summed E-state index contributed by atoms with van der Waals surface area (Å²) < 4.78 is 30.8. The Hall–Kier alpha value is -1.43. The van der Waals surface area contributed by atoms with Gasteiger partial charge in [-0.3, -0.25) is 0 Å². The Balaban J connectivity index is 2.04. The molecule has 2 heterocycles. The second-order valence-corrected chi connectivity index (χ2v) is 5.50. The summed E-state index contributed by atoms with van der Waals surface area (Å²) in [4.78, 5) is 0. The van der Waals surface area contributed by atoms with Crippen molar-refractivity contribution >= 4 is 11.0 Å². The van der Waals surface area contributed by atoms with Gasteiger partial charge in [0.15, 0.2) is 17.7 Å². The van der Waals surface area contributed by atoms with Crippen LogP contribution in [0, 0.1) is 12.7 Å². The van der Waals surface area contributed by atoms with E-state index in [1.54, 1.807) is 20.1 Å². The van der Waals surface area contributed by atoms with Gasteiger partial charge in [-0.15, -0.1) is 0 Å². The van der Waals surface area contributed by atoms with Gasteiger partial charge in [-0.05, 0) is 43.9 Å². The zero-order valence-electron chi connectivity index (χ0n) is 12.2. The van der Waals surface area contributed by atoms with Crippen molar-refractivity contribution in [2.75, 3.05) is 13.2 Å². The van der Waals surface area contributed by atoms with Crippen molar-refractivity contribution in [2.45, 2.75) is 39.1 Å². The molecule has 3 rings (SSSR count). The summed E-state index contributed by atoms with van der Waals surface area (Å²) in [6, 6.07) is 1.88. The van der Waals surface area contributed by atoms with Crippen LogP contribution in [0.25, 0.3) is 11.0 Å². The van der Waals surface area contributed by atoms with E-state index in [0.29, 0.717) is 37.2 Å². The maximum absolute atomic E-state index is 14.5. The minimum absolute atomic E-state index is 0.259. The van der Waals surface area contributed by atoms with Crippen molar-refractivity contribution in [3.05, 3.63) is 34.8 Å². The summed E-state index contributed by atoms with van der Waals surface area (Å²) in [6.45, 7) is 4.47. The average molecular weight is 294 g/mol. The lowest BCUT2D eigenvalue weighted by Crippen LogP contribution is -2.04. The van der Waals surface area contributed by atoms with E-state index >= 15 is 0 Å². The third kappa shape index (κ3) is 2.69. The van der Waals surface area contributed by atoms with E-state index in [-0.39, 0.29) is 11.4 Å². The SMILES string of the molecule is Cc1c(C2OCCO2)cc2c(CC[C@H](C)O)coc2c1F. The van der Waals surface area contributed by atoms with E-state index in [2.05, 4.69) is 0 Å². The number of benzene rings is 1. The van der Waals surface area contributed by atoms with Crippen LogP contribution in [0.5, 0.6) is 0 Å². The number of aryl methyl sites for hydroxylation is 1. The predicted octanol–water partition coefficient (Wildman–Crippen LogP) is 3.24. The molecule has 21 heavy (non-hydrogen) atoms. The Labute approximate surface area is 122 Å². The number of furan rings is 1. The van der Waals surface area contributed by atoms with E-state index in [9.17, 15) is 9.50 Å². The van der Waals surface area contributed by atoms with Gasteiger partial charge >= 0.3 is 0 Å². The first-order valence-corrected chi connectivity index (χ1v) is 7.18. The van der Waals surface area contributed by atoms with Gasteiger partial charge in [-0.2, -0.15) is 0 Å². The van der Waals surface area contributed by atoms with Gasteiger partial charge in [0, 0.05) is 10.9 Å². The molecule has 1 N–H and O–H groups in total. The van der Waals surface area contributed by atoms with Crippen LogP contribution in [0.1, 0.15) is 36.3 Å². The molecule has 2 aromatic rings. The van der Waals surface area contributed by atoms with Crippen LogP contribution in [-0.2, 0) is 15.9 Å². The standard InChI is InChI=1S/C16H19FO4/c1-9(18)3-4-11-8-21-15-13(11)7-12(10(2)14(15)17)16-19-5-6-20-16/h7-9,16,18H,3-6H2,1-2H3/t9-/m0/s1. The smallest absolute Gasteiger partial charge is 0.184 e. The number of ether oxygens (including phenoxy) is 2. The molecule has 0 aliphatic carbocycles. The quantitative estimate of drug-likeness (QED) is 0.940. The maximum atomic E-state index is 14.5. The Kier molecular flexibility index (Phi) is 3.97. The Morgan fingerprint density at radius 1 is 1.38 bits per heavy atom. The van der Waals surface area contributed by atoms with Gasteiger partial charge in [0.05, 0.1) is 25.6 Å². The summed E-state index contributed by atoms with van der Waals surface area (Å²) in [6.07, 6.45) is 1.90. The van der Waals surface area contributed by atoms with Crippen LogP contribution < -0.4 is 0 Å². The second-order valence-electron chi connectivity index (χ2n) is 5.50. The molecule has 0 spiro atoms. The lowest BCUT2D eigenvalue weighted by Gasteiger charge is -2.13. The molecule has 1 aromatic heterocycles. The Bertz CT molecular complexity index is 641. The summed E-state index contributed by atoms with van der Waals surface area (Å²) in [7, 11) is 0. The van der Waals surface area contributed by atoms with Crippen molar-refractivity contribution in [3.63, 3.8) is 0 Å². The highest BCUT2D eigenvalue weighted by atomic mass is 19.1. The largest absolute Gasteiger partial charge is 0.461 e. The van der Waals surface area contributed by atoms with Crippen LogP contribution in [0.2, 0.25) is 0 Å². The summed E-state index contributed by atoms with van der Waals surface area (Å²) in [5.41, 5.74) is 2.35. The van der Waals surface area contributed by atoms with Crippen molar-refractivity contribution in [3.8, 4) is 0 Å². The summed E-state index contributed by atoms with van der Waals surface area (Å²) in [5.74, 6) is -0.370. The molecule has 1 fully saturated rings. The van der Waals surface area contributed by atoms with Crippen LogP contribution in [-0.4, -0.2) is 24.4 Å². The fraction of sp³-hybridized carbons (Fsp3) is 0.500. The molecule has 0 saturated carbocycles. The first-order valence-electron chi connectivity index (χ1n) is 7.18. The van der Waals surface area contributed by atoms with E-state index in [1.165, 1.54) is 0 Å². The first-order chi connectivity index (χ1) is 10.1. The molecule has 4 nitrogen and oxygen atoms in total. The van der Waals surface area contributed by atoms with E-state index in [1.807, 2.05) is 6.07 Å². The minimum atomic E-state index is -0.511. The summed E-state index contributed by atoms with van der Waals surface area (Å²) in [5, 5.41) is 10.1. The van der Waals surface area contributed by atoms with Crippen molar-refractivity contribution in [2.24, 2.45) is 0 Å². The molecule has 0 radical (unpaired) electrons. The van der Waals surface area contributed by atoms with Crippen LogP contribution in [0.15, 0.2) is 16.7 Å². The van der Waals surface area contributed by atoms with Gasteiger partial charge in [-0.1, -0.05) is 0 Å². The highest BCUT2D eigenvalue weighted by Gasteiger charge is 2.25. The van der Waals surface area contributed by atoms with E-state index < -0.39 is 12.4 Å². The minimum Gasteiger partial charge on any atom is -0.461 e. The van der Waals surface area contributed by atoms with Crippen LogP contribution >= 0.6 is 0 Å². The lowest BCUT2D eigenvalue weighted by molar-refractivity contribution is -0.0446. The van der Waals surface area contributed by atoms with Gasteiger partial charge < -0.3 is 19.0 Å². The number of rotatable bonds is 4. The number of hydrogen-bond donors (Lipinski definition) is 1. The van der Waals surface area contributed by atoms with Crippen molar-refractivity contribution in [1.29, 1.82) is 0 Å². The zero-order chi connectivity index (χ0) is 15.0. The second kappa shape index (κ2) is 5.75. The highest BCUT2D eigenvalue weighted by Crippen LogP contribution is 2.34. The number of fused-ring (bicyclic) bond motifs is 1. The molecule has 114 valence electrons. The Morgan fingerprint density at radius 2 is 2.10 bits per heavy atom. The topological polar surface area (TPSA) is 51.8 Å². The molecule has 0 amide bonds. The maximum Gasteiger partial charge on any atom is 0.184 e. The number of aliphatic hydroxyl groups is 1. The monoisotopic (exact) mass is 294 g/mol. The molecule has 0 bridgehead atoms. The molecule has 1 aromatic carbocycles. The molecule has 0 unspecified atom stereocenters. The van der Waals surface area contributed by atoms with E-state index in [0.717, 1.165) is 10.9 Å². The average Bonchev–Trinajstić information content (AvgIpc) is 3.09. The molecular formula is C16H19FO4. The number of hydrogen-bond acceptors (Lipinski definition) is 4. The van der Waals surface area contributed by atoms with Crippen LogP contribution in [0.4, 0.5) is 4.39 Å². The lowest BCUT2D eigenvalue weighted by atomic mass is 10.0. The molecule has 5 heteroatoms. The fourth-order valence-corrected chi connectivity index (χ4v) is 2.63. The zero-order valence-corrected chi connectivity index (χ0v) is 12.2. The predicted molar refractivity (Wildman–Crippen MR) is 75.6 cm³/mol. The fourth-order valence-electron chi connectivity index (χ4n) is 2.63. The molecule has 1 aliphatic heterocycles. The van der Waals surface area contributed by atoms with Gasteiger partial charge in [0.25, 0.3) is 0 Å². The van der Waals surface area contributed by atoms with Crippen molar-refractivity contribution < 1.29 is 23.4 Å². The third-order valence-electron chi connectivity index (χ3n) is 3.88. The summed E-state index contributed by atoms with van der Waals surface area (Å²) >= 11 is 0. The third-order valence-corrected chi connectivity index (χ3v) is 3.88.